The van der Waals surface area contributed by atoms with Crippen LogP contribution in [-0.4, -0.2) is 85.1 Å². The number of H-pyrrole nitrogens is 2. The lowest BCUT2D eigenvalue weighted by Gasteiger charge is -2.26. The van der Waals surface area contributed by atoms with Crippen LogP contribution in [0.25, 0.3) is 0 Å². The molecule has 61 heavy (non-hydrogen) atoms. The summed E-state index contributed by atoms with van der Waals surface area (Å²) in [6, 6.07) is 14.3. The summed E-state index contributed by atoms with van der Waals surface area (Å²) in [4.78, 5) is 23.6. The molecule has 8 rings (SSSR count). The molecule has 0 saturated heterocycles. The number of aromatic amines is 2. The first-order valence-corrected chi connectivity index (χ1v) is 22.9. The lowest BCUT2D eigenvalue weighted by Crippen LogP contribution is -2.34. The Labute approximate surface area is 354 Å². The van der Waals surface area contributed by atoms with Gasteiger partial charge < -0.3 is 39.1 Å². The molecule has 2 aromatic carbocycles. The quantitative estimate of drug-likeness (QED) is 0.102. The molecule has 2 aliphatic carbocycles. The van der Waals surface area contributed by atoms with Crippen molar-refractivity contribution in [2.45, 2.75) is 115 Å². The summed E-state index contributed by atoms with van der Waals surface area (Å²) in [7, 11) is -6.03. The van der Waals surface area contributed by atoms with Crippen LogP contribution in [0.3, 0.4) is 0 Å². The second kappa shape index (κ2) is 18.2. The van der Waals surface area contributed by atoms with Gasteiger partial charge in [-0.1, -0.05) is 12.1 Å². The van der Waals surface area contributed by atoms with Gasteiger partial charge in [0.1, 0.15) is 12.2 Å². The smallest absolute Gasteiger partial charge is 0.407 e. The van der Waals surface area contributed by atoms with Crippen molar-refractivity contribution in [2.75, 3.05) is 17.7 Å². The number of nitrogens with one attached hydrogen (secondary N) is 7. The van der Waals surface area contributed by atoms with Gasteiger partial charge in [-0.3, -0.25) is 10.2 Å². The van der Waals surface area contributed by atoms with E-state index in [2.05, 4.69) is 46.4 Å². The first-order valence-electron chi connectivity index (χ1n) is 20.2. The summed E-state index contributed by atoms with van der Waals surface area (Å²) < 4.78 is 71.7. The molecule has 2 aromatic heterocycles. The van der Waals surface area contributed by atoms with Gasteiger partial charge in [0.2, 0.25) is 0 Å². The topological polar surface area (TPSA) is 260 Å². The summed E-state index contributed by atoms with van der Waals surface area (Å²) in [5, 5.41) is 26.8. The van der Waals surface area contributed by atoms with Crippen molar-refractivity contribution in [3.8, 4) is 11.5 Å². The average molecular weight is 885 g/mol. The molecule has 0 bridgehead atoms. The Morgan fingerprint density at radius 2 is 1.23 bits per heavy atom. The molecule has 0 radical (unpaired) electrons. The Morgan fingerprint density at radius 1 is 0.738 bits per heavy atom. The number of benzene rings is 2. The highest BCUT2D eigenvalue weighted by Crippen LogP contribution is 2.39. The molecule has 4 heterocycles. The Hall–Kier alpha value is -5.58. The van der Waals surface area contributed by atoms with Gasteiger partial charge in [-0.15, -0.1) is 0 Å². The summed E-state index contributed by atoms with van der Waals surface area (Å²) in [5.74, 6) is 2.31. The Morgan fingerprint density at radius 3 is 1.74 bits per heavy atom. The second-order valence-electron chi connectivity index (χ2n) is 16.1. The fourth-order valence-electron chi connectivity index (χ4n) is 7.65. The van der Waals surface area contributed by atoms with E-state index >= 15 is 0 Å². The van der Waals surface area contributed by atoms with Crippen LogP contribution in [0, 0.1) is 0 Å². The number of ether oxygens (including phenoxy) is 2. The largest absolute Gasteiger partial charge is 0.446 e. The van der Waals surface area contributed by atoms with Crippen molar-refractivity contribution < 1.29 is 44.3 Å². The third kappa shape index (κ3) is 11.0. The van der Waals surface area contributed by atoms with Gasteiger partial charge in [0.25, 0.3) is 0 Å². The molecule has 2 aliphatic heterocycles. The number of amides is 2. The van der Waals surface area contributed by atoms with E-state index in [1.807, 2.05) is 52.0 Å². The summed E-state index contributed by atoms with van der Waals surface area (Å²) in [6.07, 6.45) is 3.91. The monoisotopic (exact) mass is 884 g/mol. The van der Waals surface area contributed by atoms with Crippen LogP contribution in [0.4, 0.5) is 32.6 Å². The summed E-state index contributed by atoms with van der Waals surface area (Å²) in [6.45, 7) is 7.91. The number of alkyl carbamates (subject to hydrolysis) is 2. The minimum atomic E-state index is -3.75. The Balaban J connectivity index is 0.000000184. The molecule has 22 heteroatoms. The van der Waals surface area contributed by atoms with Crippen LogP contribution in [0.15, 0.2) is 48.5 Å². The number of anilines is 4. The van der Waals surface area contributed by atoms with E-state index in [-0.39, 0.29) is 61.4 Å². The van der Waals surface area contributed by atoms with Crippen molar-refractivity contribution in [3.05, 3.63) is 71.0 Å². The lowest BCUT2D eigenvalue weighted by atomic mass is 10.0. The molecule has 20 nitrogen and oxygen atoms in total. The normalized spacial score (nSPS) is 22.4. The Bertz CT molecular complexity index is 2440. The number of nitrogens with zero attached hydrogens (tertiary/aromatic N) is 3. The van der Waals surface area contributed by atoms with Crippen molar-refractivity contribution in [2.24, 2.45) is 0 Å². The van der Waals surface area contributed by atoms with E-state index in [1.165, 1.54) is 7.05 Å². The van der Waals surface area contributed by atoms with Crippen LogP contribution < -0.4 is 34.4 Å². The number of hydrogen-bond donors (Lipinski definition) is 7. The highest BCUT2D eigenvalue weighted by atomic mass is 32.2. The van der Waals surface area contributed by atoms with Gasteiger partial charge in [0.15, 0.2) is 23.1 Å². The maximum absolute atomic E-state index is 11.9. The van der Waals surface area contributed by atoms with Crippen LogP contribution in [0.2, 0.25) is 0 Å². The maximum atomic E-state index is 11.9. The molecule has 330 valence electrons. The van der Waals surface area contributed by atoms with Crippen LogP contribution in [-0.2, 0) is 43.2 Å². The third-order valence-corrected chi connectivity index (χ3v) is 12.8. The standard InChI is InChI=1S/C20H27N5O5S.C19H25N5O5S/c1-12(2)21-20(26)29-14-8-7-13(9-14)17-10-19(24-23-17)22-16-5-4-6-18-15(16)11-25(3)31(27,28)30-18;1-11(2)21-19(25)28-13-7-6-12(8-13)16-9-18(24-23-16)22-15-4-3-5-17-14(15)10-20-30(26,27)29-17/h4-6,10,12-14H,7-9,11H2,1-3H3,(H,21,26)(H2,22,23,24);3-5,9,11-13,20H,6-8,10H2,1-2H3,(H,21,25)(H2,22,23,24)/t13-,14?;12-,13+/m00/s1. The van der Waals surface area contributed by atoms with Gasteiger partial charge in [-0.05, 0) is 90.5 Å². The van der Waals surface area contributed by atoms with Gasteiger partial charge in [0.05, 0.1) is 0 Å². The molecule has 2 amide bonds. The molecule has 2 saturated carbocycles. The van der Waals surface area contributed by atoms with E-state index in [9.17, 15) is 26.4 Å². The van der Waals surface area contributed by atoms with Crippen molar-refractivity contribution in [1.82, 2.24) is 40.1 Å². The third-order valence-electron chi connectivity index (χ3n) is 10.6. The first-order chi connectivity index (χ1) is 29.0. The van der Waals surface area contributed by atoms with Gasteiger partial charge in [-0.2, -0.15) is 36.1 Å². The van der Waals surface area contributed by atoms with E-state index in [0.717, 1.165) is 65.5 Å². The van der Waals surface area contributed by atoms with Crippen LogP contribution >= 0.6 is 0 Å². The minimum absolute atomic E-state index is 0.0416. The van der Waals surface area contributed by atoms with Gasteiger partial charge >= 0.3 is 32.8 Å². The maximum Gasteiger partial charge on any atom is 0.407 e. The zero-order valence-corrected chi connectivity index (χ0v) is 36.1. The number of hydrogen-bond acceptors (Lipinski definition) is 14. The van der Waals surface area contributed by atoms with E-state index < -0.39 is 20.6 Å². The zero-order valence-electron chi connectivity index (χ0n) is 34.5. The fourth-order valence-corrected chi connectivity index (χ4v) is 9.22. The predicted octanol–water partition coefficient (Wildman–Crippen LogP) is 5.64. The van der Waals surface area contributed by atoms with Crippen molar-refractivity contribution in [1.29, 1.82) is 0 Å². The highest BCUT2D eigenvalue weighted by Gasteiger charge is 2.33. The predicted molar refractivity (Wildman–Crippen MR) is 224 cm³/mol. The molecular weight excluding hydrogens is 833 g/mol. The SMILES string of the molecule is CC(C)NC(=O)OC1CC[C@H](c2cc(Nc3cccc4c3CN(C)S(=O)(=O)O4)n[nH]2)C1.CC(C)NC(=O)O[C@@H]1CC[C@H](c2cc(Nc3cccc4c3CNS(=O)(=O)O4)n[nH]2)C1. The van der Waals surface area contributed by atoms with E-state index in [4.69, 9.17) is 17.8 Å². The number of carbonyl (C=O) groups excluding carboxylic acids is 2. The second-order valence-corrected chi connectivity index (χ2v) is 19.1. The fraction of sp³-hybridized carbons (Fsp3) is 0.487. The molecular formula is C39H52N10O10S2. The molecule has 2 fully saturated rings. The minimum Gasteiger partial charge on any atom is -0.446 e. The highest BCUT2D eigenvalue weighted by molar-refractivity contribution is 7.85. The zero-order chi connectivity index (χ0) is 43.5. The average Bonchev–Trinajstić information content (AvgIpc) is 4.00. The van der Waals surface area contributed by atoms with Gasteiger partial charge in [-0.25, -0.2) is 9.59 Å². The van der Waals surface area contributed by atoms with Crippen LogP contribution in [0.5, 0.6) is 11.5 Å². The number of carbonyl (C=O) groups is 2. The lowest BCUT2D eigenvalue weighted by molar-refractivity contribution is 0.0972. The van der Waals surface area contributed by atoms with E-state index in [1.54, 1.807) is 24.3 Å². The molecule has 4 aliphatic rings. The van der Waals surface area contributed by atoms with Crippen LogP contribution in [0.1, 0.15) is 101 Å². The number of fused-ring (bicyclic) bond motifs is 2. The first kappa shape index (κ1) is 43.5. The van der Waals surface area contributed by atoms with Crippen molar-refractivity contribution >= 4 is 55.8 Å². The Kier molecular flexibility index (Phi) is 13.0. The number of rotatable bonds is 10. The molecule has 7 N–H and O–H groups in total. The van der Waals surface area contributed by atoms with Gasteiger partial charge in [0, 0.05) is 90.1 Å². The van der Waals surface area contributed by atoms with E-state index in [0.29, 0.717) is 34.4 Å². The summed E-state index contributed by atoms with van der Waals surface area (Å²) in [5.41, 5.74) is 4.84. The molecule has 0 spiro atoms. The molecule has 4 aromatic rings. The van der Waals surface area contributed by atoms with Crippen molar-refractivity contribution in [3.63, 3.8) is 0 Å². The molecule has 1 unspecified atom stereocenters. The summed E-state index contributed by atoms with van der Waals surface area (Å²) >= 11 is 0. The number of aromatic nitrogens is 4. The molecule has 4 atom stereocenters.